The van der Waals surface area contributed by atoms with Crippen LogP contribution in [0.3, 0.4) is 0 Å². The maximum absolute atomic E-state index is 14.2. The molecule has 1 aromatic heterocycles. The van der Waals surface area contributed by atoms with Gasteiger partial charge in [-0.15, -0.1) is 0 Å². The first-order valence-electron chi connectivity index (χ1n) is 14.5. The molecule has 3 fully saturated rings. The summed E-state index contributed by atoms with van der Waals surface area (Å²) >= 11 is 0. The van der Waals surface area contributed by atoms with Crippen molar-refractivity contribution in [2.24, 2.45) is 5.92 Å². The van der Waals surface area contributed by atoms with Gasteiger partial charge in [-0.05, 0) is 37.5 Å². The Kier molecular flexibility index (Phi) is 8.77. The number of nitrogens with one attached hydrogen (secondary N) is 3. The van der Waals surface area contributed by atoms with Gasteiger partial charge in [0.05, 0.1) is 12.0 Å². The fourth-order valence-corrected chi connectivity index (χ4v) is 6.67. The quantitative estimate of drug-likeness (QED) is 0.270. The summed E-state index contributed by atoms with van der Waals surface area (Å²) < 4.78 is 39.7. The average Bonchev–Trinajstić information content (AvgIpc) is 3.55. The average molecular weight is 653 g/mol. The summed E-state index contributed by atoms with van der Waals surface area (Å²) in [7, 11) is -5.79. The maximum atomic E-state index is 14.2. The monoisotopic (exact) mass is 652 g/mol. The molecule has 14 nitrogen and oxygen atoms in total. The molecule has 0 aliphatic carbocycles. The Balaban J connectivity index is 1.30. The largest absolute Gasteiger partial charge is 0.399 e. The van der Waals surface area contributed by atoms with E-state index in [2.05, 4.69) is 15.6 Å². The molecule has 0 saturated carbocycles. The molecule has 5 N–H and O–H groups in total. The van der Waals surface area contributed by atoms with Gasteiger partial charge < -0.3 is 40.1 Å². The molecule has 1 aromatic carbocycles. The number of nitrogens with zero attached hydrogens (tertiary/aromatic N) is 3. The van der Waals surface area contributed by atoms with Crippen molar-refractivity contribution in [1.29, 1.82) is 0 Å². The lowest BCUT2D eigenvalue weighted by Crippen LogP contribution is -2.63. The Morgan fingerprint density at radius 1 is 1.02 bits per heavy atom. The first-order chi connectivity index (χ1) is 21.1. The van der Waals surface area contributed by atoms with Gasteiger partial charge in [0.1, 0.15) is 11.7 Å². The minimum absolute atomic E-state index is 0.00965. The van der Waals surface area contributed by atoms with E-state index in [-0.39, 0.29) is 65.4 Å². The number of hydrogen-bond donors (Lipinski definition) is 5. The Labute approximate surface area is 256 Å². The summed E-state index contributed by atoms with van der Waals surface area (Å²) in [5.74, 6) is -2.58. The number of benzene rings is 1. The summed E-state index contributed by atoms with van der Waals surface area (Å²) in [6.45, 7) is 3.82. The lowest BCUT2D eigenvalue weighted by molar-refractivity contribution is -0.147. The molecule has 2 aromatic rings. The minimum Gasteiger partial charge on any atom is -0.351 e. The zero-order valence-electron chi connectivity index (χ0n) is 24.7. The molecular weight excluding hydrogens is 617 g/mol. The topological polar surface area (TPSA) is 192 Å². The van der Waals surface area contributed by atoms with Gasteiger partial charge in [0.15, 0.2) is 0 Å². The summed E-state index contributed by atoms with van der Waals surface area (Å²) in [4.78, 5) is 89.7. The van der Waals surface area contributed by atoms with Crippen LogP contribution in [0.5, 0.6) is 0 Å². The van der Waals surface area contributed by atoms with Crippen molar-refractivity contribution in [2.45, 2.75) is 56.9 Å². The number of H-pyrrole nitrogens is 1. The molecule has 244 valence electrons. The van der Waals surface area contributed by atoms with E-state index >= 15 is 0 Å². The molecule has 3 atom stereocenters. The highest BCUT2D eigenvalue weighted by Gasteiger charge is 2.50. The molecule has 45 heavy (non-hydrogen) atoms. The van der Waals surface area contributed by atoms with Gasteiger partial charge in [0.2, 0.25) is 23.6 Å². The first-order valence-corrected chi connectivity index (χ1v) is 16.2. The smallest absolute Gasteiger partial charge is 0.351 e. The van der Waals surface area contributed by atoms with Gasteiger partial charge in [-0.3, -0.25) is 28.5 Å². The van der Waals surface area contributed by atoms with E-state index in [0.29, 0.717) is 38.9 Å². The molecule has 0 bridgehead atoms. The van der Waals surface area contributed by atoms with E-state index < -0.39 is 36.7 Å². The van der Waals surface area contributed by atoms with Gasteiger partial charge in [0.25, 0.3) is 5.91 Å². The molecule has 5 rings (SSSR count). The zero-order chi connectivity index (χ0) is 32.8. The van der Waals surface area contributed by atoms with Crippen LogP contribution >= 0.6 is 7.60 Å². The van der Waals surface area contributed by atoms with Crippen molar-refractivity contribution in [2.75, 3.05) is 32.7 Å². The summed E-state index contributed by atoms with van der Waals surface area (Å²) in [6.07, 6.45) is 1.49. The Hall–Kier alpha value is -3.88. The van der Waals surface area contributed by atoms with E-state index in [0.717, 1.165) is 12.1 Å². The van der Waals surface area contributed by atoms with Gasteiger partial charge in [-0.1, -0.05) is 6.07 Å². The number of rotatable bonds is 7. The lowest BCUT2D eigenvalue weighted by Gasteiger charge is -2.41. The van der Waals surface area contributed by atoms with Crippen LogP contribution in [0.2, 0.25) is 0 Å². The van der Waals surface area contributed by atoms with Crippen LogP contribution in [0.1, 0.15) is 49.2 Å². The van der Waals surface area contributed by atoms with Gasteiger partial charge in [0, 0.05) is 69.1 Å². The second-order valence-corrected chi connectivity index (χ2v) is 13.5. The third-order valence-corrected chi connectivity index (χ3v) is 9.78. The summed E-state index contributed by atoms with van der Waals surface area (Å²) in [5, 5.41) is 5.70. The highest BCUT2D eigenvalue weighted by molar-refractivity contribution is 7.52. The van der Waals surface area contributed by atoms with Gasteiger partial charge in [-0.2, -0.15) is 8.78 Å². The molecule has 3 saturated heterocycles. The fraction of sp³-hybridized carbons (Fsp3) is 0.536. The number of aromatic amines is 1. The van der Waals surface area contributed by atoms with Crippen molar-refractivity contribution >= 4 is 48.0 Å². The number of fused-ring (bicyclic) bond motifs is 2. The fourth-order valence-electron chi connectivity index (χ4n) is 6.19. The Morgan fingerprint density at radius 2 is 1.71 bits per heavy atom. The van der Waals surface area contributed by atoms with Crippen LogP contribution in [-0.4, -0.2) is 110 Å². The number of hydrogen-bond acceptors (Lipinski definition) is 6. The predicted octanol–water partition coefficient (Wildman–Crippen LogP) is 0.700. The molecule has 0 radical (unpaired) electrons. The predicted molar refractivity (Wildman–Crippen MR) is 155 cm³/mol. The first kappa shape index (κ1) is 32.5. The molecule has 0 spiro atoms. The number of halogens is 2. The van der Waals surface area contributed by atoms with Gasteiger partial charge in [-0.25, -0.2) is 0 Å². The number of carbonyl (C=O) groups excluding carboxylic acids is 5. The van der Waals surface area contributed by atoms with Gasteiger partial charge >= 0.3 is 13.3 Å². The lowest BCUT2D eigenvalue weighted by atomic mass is 10.0. The normalized spacial score (nSPS) is 22.8. The third kappa shape index (κ3) is 6.44. The van der Waals surface area contributed by atoms with Crippen molar-refractivity contribution in [3.63, 3.8) is 0 Å². The highest BCUT2D eigenvalue weighted by atomic mass is 31.2. The number of likely N-dealkylation sites (tertiary alicyclic amines) is 1. The molecule has 3 aliphatic rings. The standard InChI is InChI=1S/C28H35F2N6O8P/c1-15(37)34-8-7-21-4-6-24(26(40)32-20-13-35(14-20)16(2)38)36(21)27(41)18(12-34)11-31-25(39)23-10-17-9-19(3-5-22(17)33-23)28(29,30)45(42,43)44/h3,5,9-10,18,20-21,24,33H,4,6-8,11-14H2,1-2H3,(H,31,39)(H,32,40)(H2,42,43,44)/t18?,21-,24+/m1/s1. The maximum Gasteiger partial charge on any atom is 0.399 e. The van der Waals surface area contributed by atoms with Crippen molar-refractivity contribution in [3.05, 3.63) is 35.5 Å². The second kappa shape index (κ2) is 12.1. The highest BCUT2D eigenvalue weighted by Crippen LogP contribution is 2.59. The second-order valence-electron chi connectivity index (χ2n) is 11.9. The molecule has 5 amide bonds. The molecule has 4 heterocycles. The number of carbonyl (C=O) groups is 5. The summed E-state index contributed by atoms with van der Waals surface area (Å²) in [5.41, 5.74) is -5.11. The molecule has 1 unspecified atom stereocenters. The van der Waals surface area contributed by atoms with Crippen LogP contribution in [0.4, 0.5) is 8.78 Å². The van der Waals surface area contributed by atoms with Crippen molar-refractivity contribution in [1.82, 2.24) is 30.3 Å². The zero-order valence-corrected chi connectivity index (χ0v) is 25.6. The Morgan fingerprint density at radius 3 is 2.36 bits per heavy atom. The van der Waals surface area contributed by atoms with Crippen LogP contribution in [-0.2, 0) is 29.4 Å². The van der Waals surface area contributed by atoms with Crippen LogP contribution in [0.15, 0.2) is 24.3 Å². The van der Waals surface area contributed by atoms with Crippen LogP contribution in [0, 0.1) is 5.92 Å². The van der Waals surface area contributed by atoms with Crippen molar-refractivity contribution < 1.29 is 47.1 Å². The molecular formula is C28H35F2N6O8P. The Bertz CT molecular complexity index is 1590. The van der Waals surface area contributed by atoms with Crippen molar-refractivity contribution in [3.8, 4) is 0 Å². The third-order valence-electron chi connectivity index (χ3n) is 8.79. The van der Waals surface area contributed by atoms with E-state index in [1.54, 1.807) is 9.80 Å². The summed E-state index contributed by atoms with van der Waals surface area (Å²) in [6, 6.07) is 2.94. The molecule has 3 aliphatic heterocycles. The molecule has 17 heteroatoms. The van der Waals surface area contributed by atoms with E-state index in [1.165, 1.54) is 30.9 Å². The minimum atomic E-state index is -5.79. The number of aromatic nitrogens is 1. The van der Waals surface area contributed by atoms with E-state index in [4.69, 9.17) is 9.79 Å². The SMILES string of the molecule is CC(=O)N1CC(NC(=O)[C@@H]2CC[C@@H]3CCN(C(C)=O)CC(CNC(=O)c4cc5cc(C(F)(F)P(=O)(O)O)ccc5[nH]4)C(=O)N32)C1. The number of alkyl halides is 2. The van der Waals surface area contributed by atoms with Crippen LogP contribution in [0.25, 0.3) is 10.9 Å². The van der Waals surface area contributed by atoms with E-state index in [9.17, 15) is 37.3 Å². The van der Waals surface area contributed by atoms with Crippen LogP contribution < -0.4 is 10.6 Å². The van der Waals surface area contributed by atoms with E-state index in [1.807, 2.05) is 0 Å². The number of amides is 5.